The Hall–Kier alpha value is -3.55. The molecule has 0 spiro atoms. The summed E-state index contributed by atoms with van der Waals surface area (Å²) in [4.78, 5) is 39.0. The van der Waals surface area contributed by atoms with Gasteiger partial charge in [0.25, 0.3) is 11.2 Å². The van der Waals surface area contributed by atoms with Gasteiger partial charge in [-0.1, -0.05) is 12.1 Å². The van der Waals surface area contributed by atoms with E-state index in [2.05, 4.69) is 10.3 Å². The maximum Gasteiger partial charge on any atom is 0.270 e. The fourth-order valence-electron chi connectivity index (χ4n) is 2.45. The summed E-state index contributed by atoms with van der Waals surface area (Å²) in [6, 6.07) is 11.1. The van der Waals surface area contributed by atoms with Gasteiger partial charge in [0.2, 0.25) is 5.91 Å². The highest BCUT2D eigenvalue weighted by atomic mass is 16.6. The van der Waals surface area contributed by atoms with E-state index in [0.717, 1.165) is 10.1 Å². The lowest BCUT2D eigenvalue weighted by atomic mass is 10.2. The number of fused-ring (bicyclic) bond motifs is 1. The molecule has 0 unspecified atom stereocenters. The first-order valence-corrected chi connectivity index (χ1v) is 7.44. The summed E-state index contributed by atoms with van der Waals surface area (Å²) >= 11 is 0. The fraction of sp³-hybridized carbons (Fsp3) is 0.118. The molecule has 0 aliphatic rings. The zero-order valence-electron chi connectivity index (χ0n) is 13.3. The van der Waals surface area contributed by atoms with Gasteiger partial charge in [-0.25, -0.2) is 4.98 Å². The third kappa shape index (κ3) is 3.52. The van der Waals surface area contributed by atoms with Crippen LogP contribution in [0.3, 0.4) is 0 Å². The third-order valence-electron chi connectivity index (χ3n) is 3.63. The lowest BCUT2D eigenvalue weighted by molar-refractivity contribution is -0.384. The van der Waals surface area contributed by atoms with Gasteiger partial charge in [-0.2, -0.15) is 0 Å². The number of hydrogen-bond donors (Lipinski definition) is 1. The molecule has 0 aliphatic heterocycles. The van der Waals surface area contributed by atoms with Crippen LogP contribution in [0.25, 0.3) is 10.9 Å². The number of nitro groups is 1. The molecule has 3 aromatic rings. The minimum atomic E-state index is -0.583. The van der Waals surface area contributed by atoms with Gasteiger partial charge in [-0.05, 0) is 30.7 Å². The smallest absolute Gasteiger partial charge is 0.270 e. The Labute approximate surface area is 141 Å². The van der Waals surface area contributed by atoms with Crippen molar-refractivity contribution in [3.63, 3.8) is 0 Å². The highest BCUT2D eigenvalue weighted by Crippen LogP contribution is 2.16. The molecule has 2 aromatic carbocycles. The summed E-state index contributed by atoms with van der Waals surface area (Å²) in [5, 5.41) is 13.7. The molecule has 0 atom stereocenters. The lowest BCUT2D eigenvalue weighted by Gasteiger charge is -2.08. The van der Waals surface area contributed by atoms with Crippen molar-refractivity contribution < 1.29 is 9.72 Å². The number of carbonyl (C=O) groups is 1. The predicted octanol–water partition coefficient (Wildman–Crippen LogP) is 2.25. The second kappa shape index (κ2) is 6.52. The van der Waals surface area contributed by atoms with Crippen LogP contribution < -0.4 is 10.9 Å². The lowest BCUT2D eigenvalue weighted by Crippen LogP contribution is -2.28. The molecule has 1 N–H and O–H groups in total. The molecule has 1 aromatic heterocycles. The molecule has 8 nitrogen and oxygen atoms in total. The van der Waals surface area contributed by atoms with Crippen molar-refractivity contribution in [1.29, 1.82) is 0 Å². The van der Waals surface area contributed by atoms with E-state index in [4.69, 9.17) is 0 Å². The predicted molar refractivity (Wildman–Crippen MR) is 92.5 cm³/mol. The van der Waals surface area contributed by atoms with Crippen molar-refractivity contribution in [2.24, 2.45) is 0 Å². The van der Waals surface area contributed by atoms with E-state index >= 15 is 0 Å². The standard InChI is InChI=1S/C17H14N4O4/c1-11-3-2-4-12(7-11)19-16(22)9-20-10-18-15-6-5-13(21(24)25)8-14(15)17(20)23/h2-8,10H,9H2,1H3,(H,19,22). The summed E-state index contributed by atoms with van der Waals surface area (Å²) in [5.41, 5.74) is 1.25. The number of rotatable bonds is 4. The number of anilines is 1. The van der Waals surface area contributed by atoms with Crippen molar-refractivity contribution in [2.45, 2.75) is 13.5 Å². The summed E-state index contributed by atoms with van der Waals surface area (Å²) in [5.74, 6) is -0.390. The first-order chi connectivity index (χ1) is 11.9. The van der Waals surface area contributed by atoms with Crippen LogP contribution in [0.15, 0.2) is 53.6 Å². The number of nitrogens with zero attached hydrogens (tertiary/aromatic N) is 3. The van der Waals surface area contributed by atoms with Gasteiger partial charge >= 0.3 is 0 Å². The zero-order valence-corrected chi connectivity index (χ0v) is 13.3. The molecular formula is C17H14N4O4. The number of nitro benzene ring substituents is 1. The van der Waals surface area contributed by atoms with Crippen molar-refractivity contribution in [3.8, 4) is 0 Å². The molecule has 0 radical (unpaired) electrons. The highest BCUT2D eigenvalue weighted by Gasteiger charge is 2.12. The van der Waals surface area contributed by atoms with Gasteiger partial charge in [0.1, 0.15) is 6.54 Å². The molecule has 126 valence electrons. The first-order valence-electron chi connectivity index (χ1n) is 7.44. The van der Waals surface area contributed by atoms with Crippen LogP contribution in [0, 0.1) is 17.0 Å². The topological polar surface area (TPSA) is 107 Å². The molecule has 0 fully saturated rings. The number of nitrogens with one attached hydrogen (secondary N) is 1. The number of aromatic nitrogens is 2. The Morgan fingerprint density at radius 2 is 2.08 bits per heavy atom. The second-order valence-corrected chi connectivity index (χ2v) is 5.55. The molecule has 1 heterocycles. The maximum absolute atomic E-state index is 12.5. The van der Waals surface area contributed by atoms with Crippen molar-refractivity contribution in [2.75, 3.05) is 5.32 Å². The second-order valence-electron chi connectivity index (χ2n) is 5.55. The van der Waals surface area contributed by atoms with Crippen LogP contribution in [0.2, 0.25) is 0 Å². The van der Waals surface area contributed by atoms with E-state index < -0.39 is 10.5 Å². The van der Waals surface area contributed by atoms with Crippen LogP contribution in [-0.2, 0) is 11.3 Å². The molecule has 25 heavy (non-hydrogen) atoms. The SMILES string of the molecule is Cc1cccc(NC(=O)Cn2cnc3ccc([N+](=O)[O-])cc3c2=O)c1. The normalized spacial score (nSPS) is 10.6. The fourth-order valence-corrected chi connectivity index (χ4v) is 2.45. The summed E-state index contributed by atoms with van der Waals surface area (Å²) in [6.07, 6.45) is 1.26. The molecule has 0 saturated carbocycles. The molecule has 8 heteroatoms. The van der Waals surface area contributed by atoms with E-state index in [1.807, 2.05) is 25.1 Å². The molecule has 3 rings (SSSR count). The Bertz CT molecular complexity index is 1040. The van der Waals surface area contributed by atoms with Crippen molar-refractivity contribution >= 4 is 28.2 Å². The Morgan fingerprint density at radius 1 is 1.28 bits per heavy atom. The van der Waals surface area contributed by atoms with Gasteiger partial charge in [0, 0.05) is 17.8 Å². The van der Waals surface area contributed by atoms with E-state index in [0.29, 0.717) is 11.2 Å². The Kier molecular flexibility index (Phi) is 4.25. The number of benzene rings is 2. The molecule has 0 bridgehead atoms. The third-order valence-corrected chi connectivity index (χ3v) is 3.63. The number of hydrogen-bond acceptors (Lipinski definition) is 5. The van der Waals surface area contributed by atoms with Crippen LogP contribution in [0.5, 0.6) is 0 Å². The van der Waals surface area contributed by atoms with Gasteiger partial charge < -0.3 is 5.32 Å². The Balaban J connectivity index is 1.88. The minimum Gasteiger partial charge on any atom is -0.325 e. The summed E-state index contributed by atoms with van der Waals surface area (Å²) in [6.45, 7) is 1.67. The van der Waals surface area contributed by atoms with Crippen molar-refractivity contribution in [3.05, 3.63) is 74.8 Å². The van der Waals surface area contributed by atoms with Gasteiger partial charge in [-0.3, -0.25) is 24.3 Å². The first kappa shape index (κ1) is 16.3. The van der Waals surface area contributed by atoms with E-state index in [1.54, 1.807) is 6.07 Å². The van der Waals surface area contributed by atoms with Gasteiger partial charge in [0.05, 0.1) is 22.2 Å². The molecular weight excluding hydrogens is 324 g/mol. The van der Waals surface area contributed by atoms with E-state index in [9.17, 15) is 19.7 Å². The molecule has 0 aliphatic carbocycles. The van der Waals surface area contributed by atoms with Crippen molar-refractivity contribution in [1.82, 2.24) is 9.55 Å². The van der Waals surface area contributed by atoms with Crippen LogP contribution in [-0.4, -0.2) is 20.4 Å². The molecule has 0 saturated heterocycles. The van der Waals surface area contributed by atoms with E-state index in [1.165, 1.54) is 24.5 Å². The quantitative estimate of drug-likeness (QED) is 0.580. The number of aryl methyl sites for hydroxylation is 1. The number of amides is 1. The summed E-state index contributed by atoms with van der Waals surface area (Å²) < 4.78 is 1.12. The molecule has 1 amide bonds. The van der Waals surface area contributed by atoms with E-state index in [-0.39, 0.29) is 23.5 Å². The highest BCUT2D eigenvalue weighted by molar-refractivity contribution is 5.90. The van der Waals surface area contributed by atoms with Crippen LogP contribution >= 0.6 is 0 Å². The average Bonchev–Trinajstić information content (AvgIpc) is 2.57. The van der Waals surface area contributed by atoms with Crippen LogP contribution in [0.4, 0.5) is 11.4 Å². The maximum atomic E-state index is 12.5. The van der Waals surface area contributed by atoms with Gasteiger partial charge in [-0.15, -0.1) is 0 Å². The minimum absolute atomic E-state index is 0.0973. The monoisotopic (exact) mass is 338 g/mol. The van der Waals surface area contributed by atoms with Crippen LogP contribution in [0.1, 0.15) is 5.56 Å². The van der Waals surface area contributed by atoms with Gasteiger partial charge in [0.15, 0.2) is 0 Å². The summed E-state index contributed by atoms with van der Waals surface area (Å²) in [7, 11) is 0. The zero-order chi connectivity index (χ0) is 18.0. The number of non-ortho nitro benzene ring substituents is 1. The Morgan fingerprint density at radius 3 is 2.80 bits per heavy atom. The largest absolute Gasteiger partial charge is 0.325 e. The average molecular weight is 338 g/mol. The number of carbonyl (C=O) groups excluding carboxylic acids is 1.